The molecule has 1 aliphatic heterocycles. The van der Waals surface area contributed by atoms with Gasteiger partial charge in [-0.1, -0.05) is 54.6 Å². The van der Waals surface area contributed by atoms with Gasteiger partial charge in [0.25, 0.3) is 5.85 Å². The lowest BCUT2D eigenvalue weighted by Crippen LogP contribution is -2.82. The van der Waals surface area contributed by atoms with Crippen LogP contribution in [-0.4, -0.2) is 72.7 Å². The number of halogens is 4. The Morgan fingerprint density at radius 2 is 1.50 bits per heavy atom. The molecular formula is C23H26F4O7. The minimum absolute atomic E-state index is 0.0109. The molecule has 1 saturated heterocycles. The summed E-state index contributed by atoms with van der Waals surface area (Å²) in [4.78, 5) is 0. The molecule has 0 saturated carbocycles. The molecule has 0 unspecified atom stereocenters. The molecule has 0 aliphatic carbocycles. The number of aliphatic hydroxyl groups excluding tert-OH is 3. The summed E-state index contributed by atoms with van der Waals surface area (Å²) >= 11 is 0. The van der Waals surface area contributed by atoms with Crippen molar-refractivity contribution >= 4 is 0 Å². The van der Waals surface area contributed by atoms with Crippen LogP contribution in [-0.2, 0) is 23.4 Å². The Kier molecular flexibility index (Phi) is 6.88. The second kappa shape index (κ2) is 8.83. The first kappa shape index (κ1) is 26.5. The van der Waals surface area contributed by atoms with Crippen LogP contribution in [0.15, 0.2) is 54.6 Å². The van der Waals surface area contributed by atoms with Crippen molar-refractivity contribution in [3.8, 4) is 0 Å². The van der Waals surface area contributed by atoms with E-state index in [9.17, 15) is 43.8 Å². The van der Waals surface area contributed by atoms with Gasteiger partial charge in [0.05, 0.1) is 19.1 Å². The molecule has 0 aromatic heterocycles. The molecule has 1 fully saturated rings. The topological polar surface area (TPSA) is 131 Å². The van der Waals surface area contributed by atoms with Crippen LogP contribution in [0.2, 0.25) is 0 Å². The third kappa shape index (κ3) is 4.22. The van der Waals surface area contributed by atoms with Crippen LogP contribution in [0.25, 0.3) is 0 Å². The first-order valence-corrected chi connectivity index (χ1v) is 10.4. The van der Waals surface area contributed by atoms with E-state index in [0.717, 1.165) is 31.2 Å². The molecule has 2 aromatic rings. The summed E-state index contributed by atoms with van der Waals surface area (Å²) in [5, 5.41) is 64.4. The lowest BCUT2D eigenvalue weighted by molar-refractivity contribution is -0.481. The fourth-order valence-corrected chi connectivity index (χ4v) is 4.27. The Labute approximate surface area is 192 Å². The highest BCUT2D eigenvalue weighted by molar-refractivity contribution is 5.33. The highest BCUT2D eigenvalue weighted by Crippen LogP contribution is 2.54. The van der Waals surface area contributed by atoms with E-state index in [4.69, 9.17) is 4.74 Å². The van der Waals surface area contributed by atoms with Crippen LogP contribution in [0, 0.1) is 0 Å². The average Bonchev–Trinajstić information content (AvgIpc) is 2.76. The lowest BCUT2D eigenvalue weighted by atomic mass is 9.67. The van der Waals surface area contributed by atoms with Crippen molar-refractivity contribution in [1.29, 1.82) is 0 Å². The third-order valence-electron chi connectivity index (χ3n) is 6.31. The van der Waals surface area contributed by atoms with E-state index in [2.05, 4.69) is 0 Å². The van der Waals surface area contributed by atoms with Crippen molar-refractivity contribution in [2.45, 2.75) is 61.0 Å². The van der Waals surface area contributed by atoms with Gasteiger partial charge in [-0.2, -0.15) is 13.2 Å². The number of aliphatic hydroxyl groups is 6. The monoisotopic (exact) mass is 490 g/mol. The number of benzene rings is 2. The summed E-state index contributed by atoms with van der Waals surface area (Å²) in [5.41, 5.74) is -6.42. The van der Waals surface area contributed by atoms with Crippen molar-refractivity contribution in [2.75, 3.05) is 6.61 Å². The van der Waals surface area contributed by atoms with Gasteiger partial charge in [-0.25, -0.2) is 4.39 Å². The molecule has 6 atom stereocenters. The molecule has 7 nitrogen and oxygen atoms in total. The number of ether oxygens (including phenoxy) is 1. The van der Waals surface area contributed by atoms with E-state index in [0.29, 0.717) is 0 Å². The molecule has 0 spiro atoms. The number of alkyl halides is 4. The van der Waals surface area contributed by atoms with E-state index < -0.39 is 60.7 Å². The molecule has 188 valence electrons. The van der Waals surface area contributed by atoms with Crippen LogP contribution in [0.5, 0.6) is 0 Å². The summed E-state index contributed by atoms with van der Waals surface area (Å²) in [6.07, 6.45) is -11.2. The smallest absolute Gasteiger partial charge is 0.393 e. The van der Waals surface area contributed by atoms with Gasteiger partial charge in [0.1, 0.15) is 6.10 Å². The van der Waals surface area contributed by atoms with E-state index in [1.54, 1.807) is 0 Å². The number of hydrogen-bond acceptors (Lipinski definition) is 7. The van der Waals surface area contributed by atoms with E-state index in [1.807, 2.05) is 0 Å². The van der Waals surface area contributed by atoms with Crippen molar-refractivity contribution in [2.24, 2.45) is 0 Å². The zero-order valence-corrected chi connectivity index (χ0v) is 18.1. The van der Waals surface area contributed by atoms with E-state index >= 15 is 4.39 Å². The maximum Gasteiger partial charge on any atom is 0.393 e. The minimum atomic E-state index is -4.47. The average molecular weight is 490 g/mol. The van der Waals surface area contributed by atoms with Gasteiger partial charge in [0.2, 0.25) is 5.79 Å². The molecule has 34 heavy (non-hydrogen) atoms. The summed E-state index contributed by atoms with van der Waals surface area (Å²) < 4.78 is 59.4. The van der Waals surface area contributed by atoms with Crippen LogP contribution in [0.4, 0.5) is 17.6 Å². The molecule has 2 aromatic carbocycles. The molecule has 6 N–H and O–H groups in total. The Balaban J connectivity index is 2.14. The molecule has 0 bridgehead atoms. The number of rotatable bonds is 6. The van der Waals surface area contributed by atoms with Gasteiger partial charge >= 0.3 is 6.18 Å². The Morgan fingerprint density at radius 3 is 1.97 bits per heavy atom. The zero-order valence-electron chi connectivity index (χ0n) is 18.1. The molecule has 1 aliphatic rings. The van der Waals surface area contributed by atoms with Gasteiger partial charge in [-0.15, -0.1) is 0 Å². The van der Waals surface area contributed by atoms with Crippen LogP contribution < -0.4 is 0 Å². The van der Waals surface area contributed by atoms with Gasteiger partial charge in [0.15, 0.2) is 11.2 Å². The molecule has 11 heteroatoms. The molecule has 3 rings (SSSR count). The van der Waals surface area contributed by atoms with Crippen LogP contribution in [0.3, 0.4) is 0 Å². The Hall–Kier alpha value is -2.12. The predicted molar refractivity (Wildman–Crippen MR) is 110 cm³/mol. The summed E-state index contributed by atoms with van der Waals surface area (Å²) in [6, 6.07) is 11.2. The van der Waals surface area contributed by atoms with Crippen molar-refractivity contribution in [3.63, 3.8) is 0 Å². The van der Waals surface area contributed by atoms with Crippen molar-refractivity contribution in [1.82, 2.24) is 0 Å². The fourth-order valence-electron chi connectivity index (χ4n) is 4.27. The third-order valence-corrected chi connectivity index (χ3v) is 6.31. The quantitative estimate of drug-likeness (QED) is 0.334. The summed E-state index contributed by atoms with van der Waals surface area (Å²) in [7, 11) is 0. The molecular weight excluding hydrogens is 464 g/mol. The normalized spacial score (nSPS) is 35.2. The SMILES string of the molecule is C[C@H](O)[C@@]1(CO)O[C@](O)(c2ccccc2)[C@@](O)(Cc2ccc(CC(F)(F)F)cc2)[C@](O)(F)[C@@H]1O. The van der Waals surface area contributed by atoms with Gasteiger partial charge in [0, 0.05) is 12.0 Å². The Morgan fingerprint density at radius 1 is 0.971 bits per heavy atom. The predicted octanol–water partition coefficient (Wildman–Crippen LogP) is 1.07. The zero-order chi connectivity index (χ0) is 25.6. The largest absolute Gasteiger partial charge is 0.393 e. The standard InChI is InChI=1S/C23H26F4O7/c1-14(29)19(13-28)18(30)22(27,32)20(31,23(33,34-19)17-5-3-2-4-6-17)11-15-7-9-16(10-8-15)12-21(24,25)26/h2-10,14,18,28-33H,11-13H2,1H3/t14-,18+,19+,20+,22-,23+/m0/s1. The molecule has 1 heterocycles. The van der Waals surface area contributed by atoms with Crippen LogP contribution >= 0.6 is 0 Å². The van der Waals surface area contributed by atoms with Crippen molar-refractivity contribution in [3.05, 3.63) is 71.3 Å². The van der Waals surface area contributed by atoms with E-state index in [-0.39, 0.29) is 16.7 Å². The highest BCUT2D eigenvalue weighted by atomic mass is 19.4. The fraction of sp³-hybridized carbons (Fsp3) is 0.478. The number of hydrogen-bond donors (Lipinski definition) is 6. The minimum Gasteiger partial charge on any atom is -0.393 e. The lowest BCUT2D eigenvalue weighted by Gasteiger charge is -2.60. The highest BCUT2D eigenvalue weighted by Gasteiger charge is 2.77. The second-order valence-corrected chi connectivity index (χ2v) is 8.62. The Bertz CT molecular complexity index is 983. The van der Waals surface area contributed by atoms with E-state index in [1.165, 1.54) is 30.3 Å². The van der Waals surface area contributed by atoms with Gasteiger partial charge < -0.3 is 35.4 Å². The first-order chi connectivity index (χ1) is 15.6. The van der Waals surface area contributed by atoms with Gasteiger partial charge in [-0.3, -0.25) is 0 Å². The maximum atomic E-state index is 16.0. The molecule has 0 amide bonds. The first-order valence-electron chi connectivity index (χ1n) is 10.4. The van der Waals surface area contributed by atoms with Gasteiger partial charge in [-0.05, 0) is 18.1 Å². The summed E-state index contributed by atoms with van der Waals surface area (Å²) in [6.45, 7) is -0.236. The summed E-state index contributed by atoms with van der Waals surface area (Å²) in [5.74, 6) is -7.22. The maximum absolute atomic E-state index is 16.0. The van der Waals surface area contributed by atoms with Crippen LogP contribution in [0.1, 0.15) is 23.6 Å². The van der Waals surface area contributed by atoms with Crippen molar-refractivity contribution < 1.29 is 52.9 Å². The second-order valence-electron chi connectivity index (χ2n) is 8.62. The molecule has 0 radical (unpaired) electrons.